The third-order valence-corrected chi connectivity index (χ3v) is 3.50. The fourth-order valence-electron chi connectivity index (χ4n) is 2.74. The minimum atomic E-state index is 0. The molecule has 4 heteroatoms. The van der Waals surface area contributed by atoms with E-state index >= 15 is 0 Å². The van der Waals surface area contributed by atoms with Gasteiger partial charge in [-0.1, -0.05) is 20.3 Å². The fourth-order valence-corrected chi connectivity index (χ4v) is 2.74. The zero-order valence-corrected chi connectivity index (χ0v) is 10.7. The Morgan fingerprint density at radius 2 is 1.80 bits per heavy atom. The summed E-state index contributed by atoms with van der Waals surface area (Å²) >= 11 is 0. The first kappa shape index (κ1) is 14.7. The van der Waals surface area contributed by atoms with Gasteiger partial charge in [0.15, 0.2) is 0 Å². The summed E-state index contributed by atoms with van der Waals surface area (Å²) in [7, 11) is 1.89. The third-order valence-electron chi connectivity index (χ3n) is 3.50. The molecule has 0 bridgehead atoms. The first-order valence-corrected chi connectivity index (χ1v) is 5.53. The molecule has 15 heavy (non-hydrogen) atoms. The van der Waals surface area contributed by atoms with Gasteiger partial charge in [0.1, 0.15) is 0 Å². The second-order valence-electron chi connectivity index (χ2n) is 4.58. The van der Waals surface area contributed by atoms with E-state index in [9.17, 15) is 4.79 Å². The molecule has 0 aromatic rings. The van der Waals surface area contributed by atoms with Crippen LogP contribution in [0, 0.1) is 11.8 Å². The fraction of sp³-hybridized carbons (Fsp3) is 0.909. The Bertz CT molecular complexity index is 201. The van der Waals surface area contributed by atoms with Crippen LogP contribution < -0.4 is 5.73 Å². The van der Waals surface area contributed by atoms with Crippen molar-refractivity contribution in [1.82, 2.24) is 4.90 Å². The van der Waals surface area contributed by atoms with Crippen LogP contribution in [0.15, 0.2) is 0 Å². The maximum absolute atomic E-state index is 11.5. The Balaban J connectivity index is 0.00000196. The van der Waals surface area contributed by atoms with E-state index in [2.05, 4.69) is 13.8 Å². The first-order valence-electron chi connectivity index (χ1n) is 5.53. The summed E-state index contributed by atoms with van der Waals surface area (Å²) < 4.78 is 0. The normalized spacial score (nSPS) is 30.5. The third kappa shape index (κ3) is 3.35. The molecule has 1 fully saturated rings. The summed E-state index contributed by atoms with van der Waals surface area (Å²) in [5.74, 6) is 1.29. The van der Waals surface area contributed by atoms with Gasteiger partial charge in [0.05, 0.1) is 6.54 Å². The van der Waals surface area contributed by atoms with Crippen LogP contribution in [0.2, 0.25) is 0 Å². The van der Waals surface area contributed by atoms with Crippen LogP contribution in [0.5, 0.6) is 0 Å². The Kier molecular flexibility index (Phi) is 6.22. The average molecular weight is 235 g/mol. The van der Waals surface area contributed by atoms with Crippen molar-refractivity contribution in [2.75, 3.05) is 13.6 Å². The predicted octanol–water partition coefficient (Wildman–Crippen LogP) is 1.65. The van der Waals surface area contributed by atoms with Crippen LogP contribution in [-0.2, 0) is 4.79 Å². The van der Waals surface area contributed by atoms with Crippen LogP contribution in [0.25, 0.3) is 0 Å². The van der Waals surface area contributed by atoms with Gasteiger partial charge in [-0.3, -0.25) is 4.79 Å². The second-order valence-corrected chi connectivity index (χ2v) is 4.58. The summed E-state index contributed by atoms with van der Waals surface area (Å²) in [5.41, 5.74) is 5.38. The molecule has 1 aliphatic carbocycles. The summed E-state index contributed by atoms with van der Waals surface area (Å²) in [6, 6.07) is 0.389. The number of hydrogen-bond donors (Lipinski definition) is 1. The number of rotatable bonds is 2. The molecule has 1 saturated carbocycles. The van der Waals surface area contributed by atoms with Gasteiger partial charge in [-0.15, -0.1) is 12.4 Å². The van der Waals surface area contributed by atoms with E-state index in [4.69, 9.17) is 5.73 Å². The SMILES string of the molecule is CC1CCCC(C)C1N(C)C(=O)CN.Cl. The number of nitrogens with zero attached hydrogens (tertiary/aromatic N) is 1. The van der Waals surface area contributed by atoms with Gasteiger partial charge in [0.25, 0.3) is 0 Å². The van der Waals surface area contributed by atoms with Gasteiger partial charge in [0, 0.05) is 13.1 Å². The molecule has 0 aliphatic heterocycles. The minimum Gasteiger partial charge on any atom is -0.341 e. The molecule has 1 amide bonds. The molecule has 1 rings (SSSR count). The van der Waals surface area contributed by atoms with Gasteiger partial charge >= 0.3 is 0 Å². The lowest BCUT2D eigenvalue weighted by Gasteiger charge is -2.40. The van der Waals surface area contributed by atoms with Crippen molar-refractivity contribution >= 4 is 18.3 Å². The quantitative estimate of drug-likeness (QED) is 0.790. The highest BCUT2D eigenvalue weighted by Gasteiger charge is 2.32. The van der Waals surface area contributed by atoms with Crippen LogP contribution in [0.4, 0.5) is 0 Å². The molecule has 2 atom stereocenters. The number of amides is 1. The minimum absolute atomic E-state index is 0. The molecule has 90 valence electrons. The van der Waals surface area contributed by atoms with Crippen molar-refractivity contribution in [2.24, 2.45) is 17.6 Å². The Labute approximate surface area is 98.8 Å². The van der Waals surface area contributed by atoms with Crippen LogP contribution >= 0.6 is 12.4 Å². The Hall–Kier alpha value is -0.280. The first-order chi connectivity index (χ1) is 6.57. The average Bonchev–Trinajstić information content (AvgIpc) is 2.16. The number of halogens is 1. The maximum atomic E-state index is 11.5. The maximum Gasteiger partial charge on any atom is 0.236 e. The number of hydrogen-bond acceptors (Lipinski definition) is 2. The molecule has 2 unspecified atom stereocenters. The molecule has 0 saturated heterocycles. The van der Waals surface area contributed by atoms with Gasteiger partial charge in [-0.25, -0.2) is 0 Å². The molecule has 3 nitrogen and oxygen atoms in total. The summed E-state index contributed by atoms with van der Waals surface area (Å²) in [4.78, 5) is 13.4. The summed E-state index contributed by atoms with van der Waals surface area (Å²) in [6.45, 7) is 4.60. The van der Waals surface area contributed by atoms with Crippen LogP contribution in [0.1, 0.15) is 33.1 Å². The molecular weight excluding hydrogens is 212 g/mol. The molecule has 0 spiro atoms. The van der Waals surface area contributed by atoms with E-state index in [-0.39, 0.29) is 24.9 Å². The van der Waals surface area contributed by atoms with E-state index in [1.165, 1.54) is 19.3 Å². The molecule has 0 aromatic carbocycles. The molecule has 0 aromatic heterocycles. The van der Waals surface area contributed by atoms with E-state index in [1.807, 2.05) is 11.9 Å². The smallest absolute Gasteiger partial charge is 0.236 e. The Morgan fingerprint density at radius 3 is 2.20 bits per heavy atom. The van der Waals surface area contributed by atoms with Gasteiger partial charge in [0.2, 0.25) is 5.91 Å². The lowest BCUT2D eigenvalue weighted by molar-refractivity contribution is -0.133. The van der Waals surface area contributed by atoms with Crippen molar-refractivity contribution in [3.05, 3.63) is 0 Å². The molecule has 0 radical (unpaired) electrons. The topological polar surface area (TPSA) is 46.3 Å². The molecule has 2 N–H and O–H groups in total. The molecule has 0 heterocycles. The van der Waals surface area contributed by atoms with E-state index in [0.717, 1.165) is 0 Å². The highest BCUT2D eigenvalue weighted by atomic mass is 35.5. The zero-order chi connectivity index (χ0) is 10.7. The highest BCUT2D eigenvalue weighted by molar-refractivity contribution is 5.85. The number of nitrogens with two attached hydrogens (primary N) is 1. The number of likely N-dealkylation sites (N-methyl/N-ethyl adjacent to an activating group) is 1. The lowest BCUT2D eigenvalue weighted by atomic mass is 9.78. The van der Waals surface area contributed by atoms with Crippen molar-refractivity contribution in [3.8, 4) is 0 Å². The van der Waals surface area contributed by atoms with Crippen LogP contribution in [0.3, 0.4) is 0 Å². The number of carbonyl (C=O) groups is 1. The van der Waals surface area contributed by atoms with Gasteiger partial charge in [-0.2, -0.15) is 0 Å². The van der Waals surface area contributed by atoms with Gasteiger partial charge < -0.3 is 10.6 Å². The van der Waals surface area contributed by atoms with Gasteiger partial charge in [-0.05, 0) is 24.7 Å². The zero-order valence-electron chi connectivity index (χ0n) is 9.90. The van der Waals surface area contributed by atoms with E-state index < -0.39 is 0 Å². The van der Waals surface area contributed by atoms with Crippen molar-refractivity contribution < 1.29 is 4.79 Å². The standard InChI is InChI=1S/C11H22N2O.ClH/c1-8-5-4-6-9(2)11(8)13(3)10(14)7-12;/h8-9,11H,4-7,12H2,1-3H3;1H. The molecular formula is C11H23ClN2O. The lowest BCUT2D eigenvalue weighted by Crippen LogP contribution is -2.48. The predicted molar refractivity (Wildman–Crippen MR) is 65.0 cm³/mol. The van der Waals surface area contributed by atoms with Crippen molar-refractivity contribution in [3.63, 3.8) is 0 Å². The second kappa shape index (κ2) is 6.33. The van der Waals surface area contributed by atoms with E-state index in [1.54, 1.807) is 0 Å². The van der Waals surface area contributed by atoms with Crippen LogP contribution in [-0.4, -0.2) is 30.4 Å². The van der Waals surface area contributed by atoms with Crippen molar-refractivity contribution in [2.45, 2.75) is 39.2 Å². The monoisotopic (exact) mass is 234 g/mol. The Morgan fingerprint density at radius 1 is 1.33 bits per heavy atom. The molecule has 1 aliphatic rings. The van der Waals surface area contributed by atoms with Crippen molar-refractivity contribution in [1.29, 1.82) is 0 Å². The van der Waals surface area contributed by atoms with E-state index in [0.29, 0.717) is 17.9 Å². The summed E-state index contributed by atoms with van der Waals surface area (Å²) in [5, 5.41) is 0. The highest BCUT2D eigenvalue weighted by Crippen LogP contribution is 2.31. The number of carbonyl (C=O) groups excluding carboxylic acids is 1. The largest absolute Gasteiger partial charge is 0.341 e. The summed E-state index contributed by atoms with van der Waals surface area (Å²) in [6.07, 6.45) is 3.76.